The van der Waals surface area contributed by atoms with Crippen LogP contribution in [0.15, 0.2) is 30.4 Å². The summed E-state index contributed by atoms with van der Waals surface area (Å²) in [6.07, 6.45) is 8.79. The molecule has 3 aliphatic rings. The summed E-state index contributed by atoms with van der Waals surface area (Å²) in [6.45, 7) is 2.39. The molecule has 0 heterocycles. The standard InChI is InChI=1S/C18H22O2/c1-18-7-2-3-16(18)14-10-17(20)15-9-11(19)4-5-12(15)13(14)6-8-18/h2,4-5,7,9,13-14,16-17,19-20H,3,6,8,10H2,1H3/t13-,14-,16+,17+,18+/m1/s1. The first-order chi connectivity index (χ1) is 9.58. The minimum atomic E-state index is -0.415. The molecule has 0 amide bonds. The Labute approximate surface area is 120 Å². The first-order valence-electron chi connectivity index (χ1n) is 7.77. The number of phenolic OH excluding ortho intramolecular Hbond substituents is 1. The number of allylic oxidation sites excluding steroid dienone is 2. The molecular formula is C18H22O2. The van der Waals surface area contributed by atoms with Crippen LogP contribution in [0.25, 0.3) is 0 Å². The lowest BCUT2D eigenvalue weighted by atomic mass is 9.55. The van der Waals surface area contributed by atoms with Crippen LogP contribution in [0.3, 0.4) is 0 Å². The summed E-state index contributed by atoms with van der Waals surface area (Å²) >= 11 is 0. The van der Waals surface area contributed by atoms with E-state index in [-0.39, 0.29) is 5.75 Å². The van der Waals surface area contributed by atoms with Gasteiger partial charge in [0.05, 0.1) is 6.10 Å². The average Bonchev–Trinajstić information content (AvgIpc) is 2.81. The Morgan fingerprint density at radius 1 is 1.25 bits per heavy atom. The molecule has 1 saturated carbocycles. The number of hydrogen-bond acceptors (Lipinski definition) is 2. The largest absolute Gasteiger partial charge is 0.508 e. The van der Waals surface area contributed by atoms with Gasteiger partial charge in [-0.15, -0.1) is 0 Å². The summed E-state index contributed by atoms with van der Waals surface area (Å²) in [5.41, 5.74) is 2.58. The number of benzene rings is 1. The molecule has 106 valence electrons. The third kappa shape index (κ3) is 1.61. The van der Waals surface area contributed by atoms with Gasteiger partial charge < -0.3 is 10.2 Å². The van der Waals surface area contributed by atoms with Crippen molar-refractivity contribution < 1.29 is 10.2 Å². The fourth-order valence-corrected chi connectivity index (χ4v) is 5.06. The molecule has 20 heavy (non-hydrogen) atoms. The highest BCUT2D eigenvalue weighted by Gasteiger charge is 2.49. The second kappa shape index (κ2) is 4.11. The zero-order valence-electron chi connectivity index (χ0n) is 11.9. The fraction of sp³-hybridized carbons (Fsp3) is 0.556. The van der Waals surface area contributed by atoms with Crippen LogP contribution in [-0.2, 0) is 0 Å². The minimum Gasteiger partial charge on any atom is -0.508 e. The third-order valence-electron chi connectivity index (χ3n) is 6.09. The molecule has 1 aromatic rings. The summed E-state index contributed by atoms with van der Waals surface area (Å²) in [5, 5.41) is 20.2. The van der Waals surface area contributed by atoms with Crippen molar-refractivity contribution in [2.24, 2.45) is 17.3 Å². The summed E-state index contributed by atoms with van der Waals surface area (Å²) in [5.74, 6) is 2.09. The first kappa shape index (κ1) is 12.5. The van der Waals surface area contributed by atoms with E-state index in [9.17, 15) is 10.2 Å². The Morgan fingerprint density at radius 2 is 2.10 bits per heavy atom. The predicted octanol–water partition coefficient (Wildman–Crippen LogP) is 3.91. The Balaban J connectivity index is 1.77. The predicted molar refractivity (Wildman–Crippen MR) is 78.5 cm³/mol. The van der Waals surface area contributed by atoms with Gasteiger partial charge in [-0.2, -0.15) is 0 Å². The van der Waals surface area contributed by atoms with Crippen molar-refractivity contribution >= 4 is 0 Å². The Kier molecular flexibility index (Phi) is 2.56. The zero-order chi connectivity index (χ0) is 13.9. The molecule has 2 N–H and O–H groups in total. The molecule has 2 nitrogen and oxygen atoms in total. The summed E-state index contributed by atoms with van der Waals surface area (Å²) in [4.78, 5) is 0. The molecule has 5 atom stereocenters. The highest BCUT2D eigenvalue weighted by molar-refractivity contribution is 5.41. The van der Waals surface area contributed by atoms with Crippen LogP contribution in [0.2, 0.25) is 0 Å². The quantitative estimate of drug-likeness (QED) is 0.702. The van der Waals surface area contributed by atoms with Gasteiger partial charge in [-0.25, -0.2) is 0 Å². The van der Waals surface area contributed by atoms with Gasteiger partial charge in [0.1, 0.15) is 5.75 Å². The minimum absolute atomic E-state index is 0.268. The topological polar surface area (TPSA) is 40.5 Å². The Hall–Kier alpha value is -1.28. The van der Waals surface area contributed by atoms with Crippen LogP contribution in [0.4, 0.5) is 0 Å². The molecule has 1 aromatic carbocycles. The Bertz CT molecular complexity index is 577. The van der Waals surface area contributed by atoms with E-state index in [1.807, 2.05) is 6.07 Å². The van der Waals surface area contributed by atoms with Gasteiger partial charge in [-0.3, -0.25) is 0 Å². The molecule has 0 spiro atoms. The van der Waals surface area contributed by atoms with E-state index in [1.54, 1.807) is 12.1 Å². The maximum absolute atomic E-state index is 10.5. The summed E-state index contributed by atoms with van der Waals surface area (Å²) < 4.78 is 0. The van der Waals surface area contributed by atoms with Crippen molar-refractivity contribution in [2.75, 3.05) is 0 Å². The van der Waals surface area contributed by atoms with Gasteiger partial charge in [-0.1, -0.05) is 25.1 Å². The van der Waals surface area contributed by atoms with Crippen molar-refractivity contribution in [1.82, 2.24) is 0 Å². The number of fused-ring (bicyclic) bond motifs is 5. The van der Waals surface area contributed by atoms with E-state index in [4.69, 9.17) is 0 Å². The molecule has 2 heteroatoms. The number of rotatable bonds is 0. The number of aliphatic hydroxyl groups is 1. The van der Waals surface area contributed by atoms with Crippen molar-refractivity contribution in [2.45, 2.75) is 44.6 Å². The summed E-state index contributed by atoms with van der Waals surface area (Å²) in [7, 11) is 0. The number of aliphatic hydroxyl groups excluding tert-OH is 1. The van der Waals surface area contributed by atoms with Crippen LogP contribution in [0.1, 0.15) is 55.8 Å². The van der Waals surface area contributed by atoms with Gasteiger partial charge in [0, 0.05) is 0 Å². The van der Waals surface area contributed by atoms with Gasteiger partial charge in [-0.05, 0) is 72.1 Å². The second-order valence-corrected chi connectivity index (χ2v) is 7.12. The monoisotopic (exact) mass is 270 g/mol. The molecule has 0 radical (unpaired) electrons. The lowest BCUT2D eigenvalue weighted by Crippen LogP contribution is -2.40. The molecule has 1 fully saturated rings. The van der Waals surface area contributed by atoms with Crippen LogP contribution < -0.4 is 0 Å². The maximum atomic E-state index is 10.5. The normalized spacial score (nSPS) is 41.9. The number of hydrogen-bond donors (Lipinski definition) is 2. The van der Waals surface area contributed by atoms with E-state index < -0.39 is 6.10 Å². The average molecular weight is 270 g/mol. The molecule has 0 aromatic heterocycles. The first-order valence-corrected chi connectivity index (χ1v) is 7.77. The lowest BCUT2D eigenvalue weighted by Gasteiger charge is -2.49. The molecule has 4 rings (SSSR count). The maximum Gasteiger partial charge on any atom is 0.115 e. The zero-order valence-corrected chi connectivity index (χ0v) is 11.9. The van der Waals surface area contributed by atoms with Crippen molar-refractivity contribution in [3.05, 3.63) is 41.5 Å². The van der Waals surface area contributed by atoms with Crippen LogP contribution in [-0.4, -0.2) is 10.2 Å². The lowest BCUT2D eigenvalue weighted by molar-refractivity contribution is 0.0311. The molecule has 0 aliphatic heterocycles. The van der Waals surface area contributed by atoms with E-state index in [0.29, 0.717) is 23.2 Å². The van der Waals surface area contributed by atoms with Gasteiger partial charge >= 0.3 is 0 Å². The number of aromatic hydroxyl groups is 1. The molecule has 0 saturated heterocycles. The molecule has 3 aliphatic carbocycles. The Morgan fingerprint density at radius 3 is 2.95 bits per heavy atom. The van der Waals surface area contributed by atoms with E-state index in [2.05, 4.69) is 19.1 Å². The smallest absolute Gasteiger partial charge is 0.115 e. The summed E-state index contributed by atoms with van der Waals surface area (Å²) in [6, 6.07) is 5.57. The van der Waals surface area contributed by atoms with E-state index >= 15 is 0 Å². The highest BCUT2D eigenvalue weighted by Crippen LogP contribution is 2.60. The van der Waals surface area contributed by atoms with E-state index in [1.165, 1.54) is 18.4 Å². The highest BCUT2D eigenvalue weighted by atomic mass is 16.3. The van der Waals surface area contributed by atoms with Crippen LogP contribution >= 0.6 is 0 Å². The van der Waals surface area contributed by atoms with Crippen LogP contribution in [0, 0.1) is 17.3 Å². The van der Waals surface area contributed by atoms with Crippen molar-refractivity contribution in [3.8, 4) is 5.75 Å². The van der Waals surface area contributed by atoms with Gasteiger partial charge in [0.2, 0.25) is 0 Å². The molecule has 0 bridgehead atoms. The van der Waals surface area contributed by atoms with Crippen molar-refractivity contribution in [3.63, 3.8) is 0 Å². The third-order valence-corrected chi connectivity index (χ3v) is 6.09. The fourth-order valence-electron chi connectivity index (χ4n) is 5.06. The van der Waals surface area contributed by atoms with Gasteiger partial charge in [0.15, 0.2) is 0 Å². The molecular weight excluding hydrogens is 248 g/mol. The van der Waals surface area contributed by atoms with Gasteiger partial charge in [0.25, 0.3) is 0 Å². The van der Waals surface area contributed by atoms with E-state index in [0.717, 1.165) is 18.4 Å². The number of phenols is 1. The van der Waals surface area contributed by atoms with Crippen LogP contribution in [0.5, 0.6) is 5.75 Å². The molecule has 0 unspecified atom stereocenters. The SMILES string of the molecule is C[C@@]12C=CC[C@H]1[C@@H]1C[C@H](O)c3cc(O)ccc3[C@H]1CC2. The second-order valence-electron chi connectivity index (χ2n) is 7.12. The van der Waals surface area contributed by atoms with Crippen molar-refractivity contribution in [1.29, 1.82) is 0 Å².